The minimum absolute atomic E-state index is 0.0157. The topological polar surface area (TPSA) is 76.1 Å². The van der Waals surface area contributed by atoms with Gasteiger partial charge in [-0.25, -0.2) is 14.0 Å². The Labute approximate surface area is 115 Å². The molecule has 0 spiro atoms. The van der Waals surface area contributed by atoms with E-state index in [0.717, 1.165) is 0 Å². The molecule has 1 aromatic rings. The predicted octanol–water partition coefficient (Wildman–Crippen LogP) is 1.84. The van der Waals surface area contributed by atoms with Gasteiger partial charge in [0.05, 0.1) is 13.2 Å². The highest BCUT2D eigenvalue weighted by Crippen LogP contribution is 2.06. The lowest BCUT2D eigenvalue weighted by Gasteiger charge is -2.17. The van der Waals surface area contributed by atoms with E-state index in [2.05, 4.69) is 4.74 Å². The molecule has 0 radical (unpaired) electrons. The third-order valence-electron chi connectivity index (χ3n) is 2.35. The van der Waals surface area contributed by atoms with Crippen LogP contribution in [-0.4, -0.2) is 42.0 Å². The number of esters is 1. The van der Waals surface area contributed by atoms with Crippen LogP contribution in [-0.2, 0) is 20.8 Å². The van der Waals surface area contributed by atoms with Gasteiger partial charge in [-0.2, -0.15) is 5.06 Å². The fraction of sp³-hybridized carbons (Fsp3) is 0.385. The second-order valence-corrected chi connectivity index (χ2v) is 3.84. The van der Waals surface area contributed by atoms with Gasteiger partial charge >= 0.3 is 12.1 Å². The van der Waals surface area contributed by atoms with Crippen LogP contribution < -0.4 is 0 Å². The van der Waals surface area contributed by atoms with Crippen molar-refractivity contribution in [3.63, 3.8) is 0 Å². The zero-order valence-electron chi connectivity index (χ0n) is 11.0. The largest absolute Gasteiger partial charge is 0.464 e. The molecule has 0 unspecified atom stereocenters. The van der Waals surface area contributed by atoms with E-state index in [1.165, 1.54) is 18.2 Å². The number of hydrogen-bond donors (Lipinski definition) is 1. The van der Waals surface area contributed by atoms with E-state index in [0.29, 0.717) is 10.6 Å². The molecule has 0 atom stereocenters. The van der Waals surface area contributed by atoms with Crippen molar-refractivity contribution >= 4 is 12.1 Å². The van der Waals surface area contributed by atoms with E-state index < -0.39 is 24.5 Å². The van der Waals surface area contributed by atoms with Gasteiger partial charge < -0.3 is 9.84 Å². The summed E-state index contributed by atoms with van der Waals surface area (Å²) in [5, 5.41) is 9.55. The van der Waals surface area contributed by atoms with E-state index in [9.17, 15) is 14.0 Å². The molecule has 1 aromatic carbocycles. The zero-order valence-corrected chi connectivity index (χ0v) is 11.0. The van der Waals surface area contributed by atoms with Crippen LogP contribution in [0.5, 0.6) is 0 Å². The Bertz CT molecular complexity index is 466. The number of nitrogens with zero attached hydrogens (tertiary/aromatic N) is 1. The van der Waals surface area contributed by atoms with Gasteiger partial charge in [-0.05, 0) is 31.0 Å². The van der Waals surface area contributed by atoms with Crippen molar-refractivity contribution in [2.45, 2.75) is 13.3 Å². The van der Waals surface area contributed by atoms with Crippen LogP contribution in [0.15, 0.2) is 24.3 Å². The predicted molar refractivity (Wildman–Crippen MR) is 67.4 cm³/mol. The fourth-order valence-corrected chi connectivity index (χ4v) is 1.47. The number of benzene rings is 1. The third-order valence-corrected chi connectivity index (χ3v) is 2.35. The summed E-state index contributed by atoms with van der Waals surface area (Å²) in [6, 6.07) is 5.82. The van der Waals surface area contributed by atoms with Crippen molar-refractivity contribution < 1.29 is 28.7 Å². The smallest absolute Gasteiger partial charge is 0.431 e. The molecule has 0 saturated heterocycles. The highest BCUT2D eigenvalue weighted by molar-refractivity contribution is 5.71. The summed E-state index contributed by atoms with van der Waals surface area (Å²) in [7, 11) is 0. The number of hydrogen-bond acceptors (Lipinski definition) is 4. The first-order chi connectivity index (χ1) is 9.52. The van der Waals surface area contributed by atoms with Crippen LogP contribution in [0.3, 0.4) is 0 Å². The number of amides is 1. The summed E-state index contributed by atoms with van der Waals surface area (Å²) in [4.78, 5) is 26.8. The molecular weight excluding hydrogens is 269 g/mol. The Balaban J connectivity index is 2.47. The minimum atomic E-state index is -1.33. The van der Waals surface area contributed by atoms with E-state index in [-0.39, 0.29) is 19.6 Å². The normalized spacial score (nSPS) is 10.1. The average Bonchev–Trinajstić information content (AvgIpc) is 2.38. The molecule has 0 aliphatic rings. The van der Waals surface area contributed by atoms with Crippen molar-refractivity contribution in [3.05, 3.63) is 35.6 Å². The number of rotatable bonds is 7. The Morgan fingerprint density at radius 3 is 2.75 bits per heavy atom. The van der Waals surface area contributed by atoms with Crippen LogP contribution in [0, 0.1) is 5.82 Å². The Morgan fingerprint density at radius 1 is 1.40 bits per heavy atom. The number of ether oxygens (including phenoxy) is 1. The first kappa shape index (κ1) is 15.9. The lowest BCUT2D eigenvalue weighted by molar-refractivity contribution is -0.171. The molecule has 7 heteroatoms. The standard InChI is InChI=1S/C13H16FNO5/c1-2-19-12(16)9-20-15(13(17)18)7-6-10-4-3-5-11(14)8-10/h3-5,8H,2,6-7,9H2,1H3,(H,17,18). The number of carbonyl (C=O) groups excluding carboxylic acids is 1. The highest BCUT2D eigenvalue weighted by Gasteiger charge is 2.15. The van der Waals surface area contributed by atoms with Crippen molar-refractivity contribution in [1.29, 1.82) is 0 Å². The van der Waals surface area contributed by atoms with Gasteiger partial charge in [0, 0.05) is 0 Å². The van der Waals surface area contributed by atoms with Crippen molar-refractivity contribution in [2.75, 3.05) is 19.8 Å². The number of carbonyl (C=O) groups is 2. The van der Waals surface area contributed by atoms with Gasteiger partial charge in [0.25, 0.3) is 0 Å². The van der Waals surface area contributed by atoms with E-state index in [4.69, 9.17) is 9.94 Å². The van der Waals surface area contributed by atoms with Gasteiger partial charge in [0.15, 0.2) is 6.61 Å². The second-order valence-electron chi connectivity index (χ2n) is 3.84. The summed E-state index contributed by atoms with van der Waals surface area (Å²) in [5.41, 5.74) is 0.635. The summed E-state index contributed by atoms with van der Waals surface area (Å²) in [6.07, 6.45) is -1.06. The molecule has 0 aromatic heterocycles. The molecule has 0 fully saturated rings. The number of carboxylic acid groups (broad SMARTS) is 1. The molecule has 1 amide bonds. The van der Waals surface area contributed by atoms with Crippen LogP contribution in [0.25, 0.3) is 0 Å². The highest BCUT2D eigenvalue weighted by atomic mass is 19.1. The van der Waals surface area contributed by atoms with E-state index >= 15 is 0 Å². The summed E-state index contributed by atoms with van der Waals surface area (Å²) in [5.74, 6) is -1.04. The average molecular weight is 285 g/mol. The van der Waals surface area contributed by atoms with Crippen LogP contribution in [0.2, 0.25) is 0 Å². The van der Waals surface area contributed by atoms with Crippen LogP contribution in [0.4, 0.5) is 9.18 Å². The maximum Gasteiger partial charge on any atom is 0.431 e. The molecule has 6 nitrogen and oxygen atoms in total. The summed E-state index contributed by atoms with van der Waals surface area (Å²) < 4.78 is 17.6. The van der Waals surface area contributed by atoms with Gasteiger partial charge in [-0.3, -0.25) is 4.84 Å². The van der Waals surface area contributed by atoms with Gasteiger partial charge in [0.1, 0.15) is 5.82 Å². The molecule has 1 rings (SSSR count). The van der Waals surface area contributed by atoms with Crippen molar-refractivity contribution in [3.8, 4) is 0 Å². The molecule has 0 saturated carbocycles. The SMILES string of the molecule is CCOC(=O)CON(CCc1cccc(F)c1)C(=O)O. The second kappa shape index (κ2) is 8.11. The Hall–Kier alpha value is -2.15. The summed E-state index contributed by atoms with van der Waals surface area (Å²) in [6.45, 7) is 1.33. The zero-order chi connectivity index (χ0) is 15.0. The quantitative estimate of drug-likeness (QED) is 0.611. The van der Waals surface area contributed by atoms with Crippen LogP contribution >= 0.6 is 0 Å². The molecule has 1 N–H and O–H groups in total. The van der Waals surface area contributed by atoms with Gasteiger partial charge in [-0.1, -0.05) is 12.1 Å². The van der Waals surface area contributed by atoms with E-state index in [1.807, 2.05) is 0 Å². The fourth-order valence-electron chi connectivity index (χ4n) is 1.47. The maximum atomic E-state index is 13.0. The molecule has 0 heterocycles. The molecule has 110 valence electrons. The monoisotopic (exact) mass is 285 g/mol. The number of hydroxylamine groups is 2. The van der Waals surface area contributed by atoms with Gasteiger partial charge in [-0.15, -0.1) is 0 Å². The Morgan fingerprint density at radius 2 is 2.15 bits per heavy atom. The van der Waals surface area contributed by atoms with E-state index in [1.54, 1.807) is 13.0 Å². The Kier molecular flexibility index (Phi) is 6.45. The van der Waals surface area contributed by atoms with Crippen LogP contribution in [0.1, 0.15) is 12.5 Å². The lowest BCUT2D eigenvalue weighted by Crippen LogP contribution is -2.34. The summed E-state index contributed by atoms with van der Waals surface area (Å²) >= 11 is 0. The molecular formula is C13H16FNO5. The lowest BCUT2D eigenvalue weighted by atomic mass is 10.1. The van der Waals surface area contributed by atoms with Crippen molar-refractivity contribution in [2.24, 2.45) is 0 Å². The molecule has 0 aliphatic carbocycles. The molecule has 0 aliphatic heterocycles. The third kappa shape index (κ3) is 5.66. The first-order valence-corrected chi connectivity index (χ1v) is 6.06. The van der Waals surface area contributed by atoms with Gasteiger partial charge in [0.2, 0.25) is 0 Å². The minimum Gasteiger partial charge on any atom is -0.464 e. The molecule has 0 bridgehead atoms. The van der Waals surface area contributed by atoms with Crippen molar-refractivity contribution in [1.82, 2.24) is 5.06 Å². The molecule has 20 heavy (non-hydrogen) atoms. The maximum absolute atomic E-state index is 13.0. The number of halogens is 1. The first-order valence-electron chi connectivity index (χ1n) is 6.06.